The maximum atomic E-state index is 11.4. The number of anilines is 1. The summed E-state index contributed by atoms with van der Waals surface area (Å²) in [6, 6.07) is 10.1. The topological polar surface area (TPSA) is 42.4 Å². The second-order valence-corrected chi connectivity index (χ2v) is 4.41. The molecule has 4 nitrogen and oxygen atoms in total. The van der Waals surface area contributed by atoms with Crippen LogP contribution in [0.1, 0.15) is 12.5 Å². The van der Waals surface area contributed by atoms with E-state index in [1.165, 1.54) is 7.11 Å². The van der Waals surface area contributed by atoms with E-state index < -0.39 is 0 Å². The summed E-state index contributed by atoms with van der Waals surface area (Å²) in [5.74, 6) is 0.586. The Bertz CT molecular complexity index is 596. The average molecular weight is 258 g/mol. The summed E-state index contributed by atoms with van der Waals surface area (Å²) in [6.45, 7) is 4.94. The number of ether oxygens (including phenoxy) is 1. The molecule has 2 rings (SSSR count). The van der Waals surface area contributed by atoms with Crippen molar-refractivity contribution in [1.82, 2.24) is 4.98 Å². The van der Waals surface area contributed by atoms with Crippen LogP contribution in [0, 0.1) is 6.92 Å². The van der Waals surface area contributed by atoms with E-state index in [-0.39, 0.29) is 12.5 Å². The molecule has 1 aromatic carbocycles. The number of fused-ring (bicyclic) bond motifs is 1. The van der Waals surface area contributed by atoms with Crippen LogP contribution in [0.2, 0.25) is 0 Å². The van der Waals surface area contributed by atoms with Crippen LogP contribution in [-0.2, 0) is 9.53 Å². The largest absolute Gasteiger partial charge is 0.468 e. The van der Waals surface area contributed by atoms with Gasteiger partial charge in [-0.2, -0.15) is 0 Å². The van der Waals surface area contributed by atoms with Gasteiger partial charge >= 0.3 is 5.97 Å². The highest BCUT2D eigenvalue weighted by atomic mass is 16.5. The molecular formula is C15H18N2O2. The van der Waals surface area contributed by atoms with Crippen molar-refractivity contribution in [1.29, 1.82) is 0 Å². The summed E-state index contributed by atoms with van der Waals surface area (Å²) in [7, 11) is 1.40. The Morgan fingerprint density at radius 3 is 2.79 bits per heavy atom. The second-order valence-electron chi connectivity index (χ2n) is 4.41. The second kappa shape index (κ2) is 5.69. The fourth-order valence-electron chi connectivity index (χ4n) is 2.09. The van der Waals surface area contributed by atoms with Gasteiger partial charge in [-0.15, -0.1) is 0 Å². The van der Waals surface area contributed by atoms with Crippen molar-refractivity contribution >= 4 is 22.7 Å². The summed E-state index contributed by atoms with van der Waals surface area (Å²) in [5, 5.41) is 1.11. The van der Waals surface area contributed by atoms with Crippen molar-refractivity contribution in [2.75, 3.05) is 25.1 Å². The van der Waals surface area contributed by atoms with Gasteiger partial charge in [-0.25, -0.2) is 4.98 Å². The molecule has 0 bridgehead atoms. The average Bonchev–Trinajstić information content (AvgIpc) is 2.44. The number of para-hydroxylation sites is 1. The van der Waals surface area contributed by atoms with E-state index in [2.05, 4.69) is 11.1 Å². The van der Waals surface area contributed by atoms with Crippen LogP contribution in [-0.4, -0.2) is 31.2 Å². The van der Waals surface area contributed by atoms with Crippen molar-refractivity contribution in [3.8, 4) is 0 Å². The van der Waals surface area contributed by atoms with Crippen molar-refractivity contribution in [3.63, 3.8) is 0 Å². The van der Waals surface area contributed by atoms with Crippen LogP contribution >= 0.6 is 0 Å². The summed E-state index contributed by atoms with van der Waals surface area (Å²) in [4.78, 5) is 18.0. The van der Waals surface area contributed by atoms with Gasteiger partial charge in [-0.05, 0) is 31.5 Å². The Hall–Kier alpha value is -2.10. The number of hydrogen-bond donors (Lipinski definition) is 0. The quantitative estimate of drug-likeness (QED) is 0.790. The molecule has 0 aliphatic heterocycles. The first-order chi connectivity index (χ1) is 9.15. The van der Waals surface area contributed by atoms with Gasteiger partial charge in [0.15, 0.2) is 0 Å². The molecule has 0 amide bonds. The monoisotopic (exact) mass is 258 g/mol. The fraction of sp³-hybridized carbons (Fsp3) is 0.333. The zero-order valence-corrected chi connectivity index (χ0v) is 11.5. The molecule has 2 aromatic rings. The molecule has 0 aliphatic carbocycles. The van der Waals surface area contributed by atoms with Gasteiger partial charge in [0, 0.05) is 11.9 Å². The van der Waals surface area contributed by atoms with Crippen LogP contribution in [0.15, 0.2) is 30.3 Å². The first-order valence-corrected chi connectivity index (χ1v) is 6.34. The number of aromatic nitrogens is 1. The van der Waals surface area contributed by atoms with Gasteiger partial charge in [-0.3, -0.25) is 4.79 Å². The van der Waals surface area contributed by atoms with Crippen LogP contribution in [0.5, 0.6) is 0 Å². The van der Waals surface area contributed by atoms with Crippen LogP contribution in [0.25, 0.3) is 10.9 Å². The summed E-state index contributed by atoms with van der Waals surface area (Å²) in [5.41, 5.74) is 2.00. The summed E-state index contributed by atoms with van der Waals surface area (Å²) < 4.78 is 4.72. The van der Waals surface area contributed by atoms with Gasteiger partial charge in [0.25, 0.3) is 0 Å². The van der Waals surface area contributed by atoms with E-state index >= 15 is 0 Å². The molecule has 0 aliphatic rings. The van der Waals surface area contributed by atoms with E-state index in [0.29, 0.717) is 6.54 Å². The number of benzene rings is 1. The maximum absolute atomic E-state index is 11.4. The normalized spacial score (nSPS) is 10.5. The first-order valence-electron chi connectivity index (χ1n) is 6.34. The van der Waals surface area contributed by atoms with E-state index in [1.807, 2.05) is 43.0 Å². The molecule has 0 radical (unpaired) electrons. The molecule has 1 heterocycles. The summed E-state index contributed by atoms with van der Waals surface area (Å²) >= 11 is 0. The number of methoxy groups -OCH3 is 1. The number of hydrogen-bond acceptors (Lipinski definition) is 4. The molecule has 0 atom stereocenters. The first kappa shape index (κ1) is 13.3. The van der Waals surface area contributed by atoms with Gasteiger partial charge in [0.2, 0.25) is 0 Å². The van der Waals surface area contributed by atoms with Gasteiger partial charge in [0.05, 0.1) is 12.6 Å². The Morgan fingerprint density at radius 1 is 1.37 bits per heavy atom. The highest BCUT2D eigenvalue weighted by molar-refractivity contribution is 5.83. The Balaban J connectivity index is 2.41. The maximum Gasteiger partial charge on any atom is 0.325 e. The molecule has 0 unspecified atom stereocenters. The molecule has 0 saturated heterocycles. The zero-order chi connectivity index (χ0) is 13.8. The molecule has 0 saturated carbocycles. The van der Waals surface area contributed by atoms with Crippen LogP contribution < -0.4 is 4.90 Å². The van der Waals surface area contributed by atoms with Gasteiger partial charge in [-0.1, -0.05) is 18.2 Å². The molecule has 0 spiro atoms. The number of carbonyl (C=O) groups excluding carboxylic acids is 1. The van der Waals surface area contributed by atoms with Crippen molar-refractivity contribution in [2.24, 2.45) is 0 Å². The third-order valence-corrected chi connectivity index (χ3v) is 3.12. The Labute approximate surface area is 113 Å². The lowest BCUT2D eigenvalue weighted by atomic mass is 10.1. The Morgan fingerprint density at radius 2 is 2.11 bits per heavy atom. The lowest BCUT2D eigenvalue weighted by Crippen LogP contribution is -2.31. The SMILES string of the molecule is CCN(CC(=O)OC)c1nc2ccccc2cc1C. The van der Waals surface area contributed by atoms with Crippen LogP contribution in [0.4, 0.5) is 5.82 Å². The predicted octanol–water partition coefficient (Wildman–Crippen LogP) is 2.54. The fourth-order valence-corrected chi connectivity index (χ4v) is 2.09. The standard InChI is InChI=1S/C15H18N2O2/c1-4-17(10-14(18)19-3)15-11(2)9-12-7-5-6-8-13(12)16-15/h5-9H,4,10H2,1-3H3. The number of pyridine rings is 1. The third-order valence-electron chi connectivity index (χ3n) is 3.12. The van der Waals surface area contributed by atoms with E-state index in [0.717, 1.165) is 22.3 Å². The number of esters is 1. The lowest BCUT2D eigenvalue weighted by molar-refractivity contribution is -0.138. The molecule has 4 heteroatoms. The molecule has 19 heavy (non-hydrogen) atoms. The number of aryl methyl sites for hydroxylation is 1. The molecule has 1 aromatic heterocycles. The van der Waals surface area contributed by atoms with Gasteiger partial charge < -0.3 is 9.64 Å². The van der Waals surface area contributed by atoms with Crippen molar-refractivity contribution in [2.45, 2.75) is 13.8 Å². The molecular weight excluding hydrogens is 240 g/mol. The summed E-state index contributed by atoms with van der Waals surface area (Å²) in [6.07, 6.45) is 0. The minimum atomic E-state index is -0.254. The van der Waals surface area contributed by atoms with Crippen molar-refractivity contribution < 1.29 is 9.53 Å². The van der Waals surface area contributed by atoms with E-state index in [1.54, 1.807) is 0 Å². The highest BCUT2D eigenvalue weighted by Crippen LogP contribution is 2.22. The lowest BCUT2D eigenvalue weighted by Gasteiger charge is -2.22. The zero-order valence-electron chi connectivity index (χ0n) is 11.5. The Kier molecular flexibility index (Phi) is 4.00. The third kappa shape index (κ3) is 2.84. The predicted molar refractivity (Wildman–Crippen MR) is 76.4 cm³/mol. The van der Waals surface area contributed by atoms with E-state index in [9.17, 15) is 4.79 Å². The molecule has 0 N–H and O–H groups in total. The van der Waals surface area contributed by atoms with Crippen LogP contribution in [0.3, 0.4) is 0 Å². The highest BCUT2D eigenvalue weighted by Gasteiger charge is 2.14. The smallest absolute Gasteiger partial charge is 0.325 e. The van der Waals surface area contributed by atoms with Crippen molar-refractivity contribution in [3.05, 3.63) is 35.9 Å². The number of rotatable bonds is 4. The molecule has 0 fully saturated rings. The minimum Gasteiger partial charge on any atom is -0.468 e. The number of carbonyl (C=O) groups is 1. The minimum absolute atomic E-state index is 0.221. The number of nitrogens with zero attached hydrogens (tertiary/aromatic N) is 2. The molecule has 100 valence electrons. The van der Waals surface area contributed by atoms with E-state index in [4.69, 9.17) is 4.74 Å². The number of likely N-dealkylation sites (N-methyl/N-ethyl adjacent to an activating group) is 1. The van der Waals surface area contributed by atoms with Gasteiger partial charge in [0.1, 0.15) is 12.4 Å².